The highest BCUT2D eigenvalue weighted by Gasteiger charge is 2.11. The van der Waals surface area contributed by atoms with Crippen molar-refractivity contribution >= 4 is 32.1 Å². The quantitative estimate of drug-likeness (QED) is 0.426. The number of aryl methyl sites for hydroxylation is 1. The highest BCUT2D eigenvalue weighted by atomic mass is 32.0. The molecule has 2 atom stereocenters. The number of nitrogens with two attached hydrogens (primary N) is 2. The first-order chi connectivity index (χ1) is 9.47. The van der Waals surface area contributed by atoms with Crippen LogP contribution in [-0.4, -0.2) is 5.11 Å². The molecule has 0 fully saturated rings. The van der Waals surface area contributed by atoms with E-state index in [0.717, 1.165) is 5.56 Å². The van der Waals surface area contributed by atoms with Gasteiger partial charge in [-0.05, 0) is 6.92 Å². The third-order valence-corrected chi connectivity index (χ3v) is 5.67. The van der Waals surface area contributed by atoms with E-state index in [0.29, 0.717) is 24.2 Å². The number of aromatic hydroxyl groups is 1. The lowest BCUT2D eigenvalue weighted by Gasteiger charge is -2.14. The van der Waals surface area contributed by atoms with E-state index < -0.39 is 15.8 Å². The molecule has 1 aromatic carbocycles. The molecule has 7 nitrogen and oxygen atoms in total. The Morgan fingerprint density at radius 1 is 1.05 bits per heavy atom. The Morgan fingerprint density at radius 3 is 1.73 bits per heavy atom. The summed E-state index contributed by atoms with van der Waals surface area (Å²) in [6, 6.07) is 3.65. The van der Waals surface area contributed by atoms with Crippen LogP contribution in [-0.2, 0) is 22.2 Å². The SMILES string of the molecule is C.C.Cc1cc(CNP(N)P=O)c(O)c(CNP(N)P=O)c1. The second-order valence-corrected chi connectivity index (χ2v) is 9.86. The van der Waals surface area contributed by atoms with E-state index in [4.69, 9.17) is 11.0 Å². The smallest absolute Gasteiger partial charge is 0.214 e. The molecule has 0 aliphatic carbocycles. The van der Waals surface area contributed by atoms with E-state index >= 15 is 0 Å². The van der Waals surface area contributed by atoms with E-state index in [-0.39, 0.29) is 36.9 Å². The molecule has 0 saturated heterocycles. The van der Waals surface area contributed by atoms with Crippen molar-refractivity contribution in [3.05, 3.63) is 28.8 Å². The highest BCUT2D eigenvalue weighted by Crippen LogP contribution is 2.38. The maximum Gasteiger partial charge on any atom is 0.214 e. The maximum absolute atomic E-state index is 10.6. The first-order valence-corrected chi connectivity index (χ1v) is 11.4. The van der Waals surface area contributed by atoms with Crippen molar-refractivity contribution in [2.75, 3.05) is 0 Å². The molecule has 126 valence electrons. The van der Waals surface area contributed by atoms with Crippen LogP contribution in [0.25, 0.3) is 0 Å². The summed E-state index contributed by atoms with van der Waals surface area (Å²) in [5.41, 5.74) is 13.4. The minimum atomic E-state index is -1.27. The predicted octanol–water partition coefficient (Wildman–Crippen LogP) is 4.11. The molecule has 0 aliphatic heterocycles. The molecule has 0 saturated carbocycles. The second-order valence-electron chi connectivity index (χ2n) is 3.95. The van der Waals surface area contributed by atoms with Crippen LogP contribution >= 0.6 is 32.1 Å². The number of nitrogens with one attached hydrogen (secondary N) is 2. The molecular weight excluding hydrogens is 360 g/mol. The van der Waals surface area contributed by atoms with Gasteiger partial charge in [0.05, 0.1) is 0 Å². The van der Waals surface area contributed by atoms with Gasteiger partial charge in [-0.2, -0.15) is 0 Å². The molecule has 1 rings (SSSR count). The Morgan fingerprint density at radius 2 is 1.41 bits per heavy atom. The van der Waals surface area contributed by atoms with Gasteiger partial charge in [0.1, 0.15) is 21.6 Å². The Kier molecular flexibility index (Phi) is 13.6. The van der Waals surface area contributed by atoms with Crippen LogP contribution in [0, 0.1) is 6.92 Å². The van der Waals surface area contributed by atoms with Gasteiger partial charge in [0.15, 0.2) is 0 Å². The lowest BCUT2D eigenvalue weighted by Crippen LogP contribution is -2.12. The van der Waals surface area contributed by atoms with Crippen molar-refractivity contribution in [1.82, 2.24) is 10.2 Å². The molecule has 0 bridgehead atoms. The number of hydrogen-bond donors (Lipinski definition) is 5. The molecule has 0 aromatic heterocycles. The third kappa shape index (κ3) is 7.97. The molecule has 0 amide bonds. The average Bonchev–Trinajstić information content (AvgIpc) is 2.45. The first-order valence-electron chi connectivity index (χ1n) is 5.52. The number of hydrogen-bond acceptors (Lipinski definition) is 7. The van der Waals surface area contributed by atoms with Gasteiger partial charge in [0.25, 0.3) is 0 Å². The fourth-order valence-corrected chi connectivity index (χ4v) is 3.14. The molecular formula is C11H24N4O3P4. The van der Waals surface area contributed by atoms with Crippen LogP contribution in [0.1, 0.15) is 31.5 Å². The van der Waals surface area contributed by atoms with Crippen LogP contribution in [0.2, 0.25) is 0 Å². The zero-order valence-electron chi connectivity index (χ0n) is 10.8. The van der Waals surface area contributed by atoms with Gasteiger partial charge in [-0.15, -0.1) is 0 Å². The van der Waals surface area contributed by atoms with E-state index in [1.165, 1.54) is 0 Å². The Bertz CT molecular complexity index is 453. The van der Waals surface area contributed by atoms with Crippen LogP contribution in [0.3, 0.4) is 0 Å². The maximum atomic E-state index is 10.6. The van der Waals surface area contributed by atoms with E-state index in [9.17, 15) is 14.2 Å². The van der Waals surface area contributed by atoms with Crippen LogP contribution < -0.4 is 21.2 Å². The summed E-state index contributed by atoms with van der Waals surface area (Å²) in [6.45, 7) is 2.56. The first kappa shape index (κ1) is 24.2. The average molecular weight is 384 g/mol. The van der Waals surface area contributed by atoms with Crippen molar-refractivity contribution < 1.29 is 14.2 Å². The molecule has 0 radical (unpaired) electrons. The number of benzene rings is 1. The number of phenolic OH excluding ortho intramolecular Hbond substituents is 1. The van der Waals surface area contributed by atoms with Crippen molar-refractivity contribution in [2.24, 2.45) is 11.0 Å². The van der Waals surface area contributed by atoms with Gasteiger partial charge in [-0.1, -0.05) is 32.5 Å². The van der Waals surface area contributed by atoms with E-state index in [2.05, 4.69) is 10.2 Å². The van der Waals surface area contributed by atoms with E-state index in [1.807, 2.05) is 19.1 Å². The second kappa shape index (κ2) is 12.4. The highest BCUT2D eigenvalue weighted by molar-refractivity contribution is 8.14. The van der Waals surface area contributed by atoms with Crippen molar-refractivity contribution in [3.63, 3.8) is 0 Å². The van der Waals surface area contributed by atoms with Crippen LogP contribution in [0.5, 0.6) is 5.75 Å². The third-order valence-electron chi connectivity index (χ3n) is 2.45. The molecule has 0 heterocycles. The molecule has 11 heteroatoms. The molecule has 22 heavy (non-hydrogen) atoms. The van der Waals surface area contributed by atoms with Gasteiger partial charge in [0, 0.05) is 24.2 Å². The van der Waals surface area contributed by atoms with Crippen molar-refractivity contribution in [1.29, 1.82) is 0 Å². The van der Waals surface area contributed by atoms with Crippen LogP contribution in [0.4, 0.5) is 0 Å². The molecule has 2 unspecified atom stereocenters. The summed E-state index contributed by atoms with van der Waals surface area (Å²) in [4.78, 5) is 0. The van der Waals surface area contributed by atoms with Crippen molar-refractivity contribution in [2.45, 2.75) is 34.9 Å². The largest absolute Gasteiger partial charge is 0.507 e. The summed E-state index contributed by atoms with van der Waals surface area (Å²) >= 11 is 0. The molecule has 7 N–H and O–H groups in total. The summed E-state index contributed by atoms with van der Waals surface area (Å²) < 4.78 is 21.2. The molecule has 1 aromatic rings. The Hall–Kier alpha value is -0.0800. The minimum absolute atomic E-state index is 0. The summed E-state index contributed by atoms with van der Waals surface area (Å²) in [6.07, 6.45) is 0. The van der Waals surface area contributed by atoms with Crippen LogP contribution in [0.15, 0.2) is 12.1 Å². The summed E-state index contributed by atoms with van der Waals surface area (Å²) in [7, 11) is -2.83. The van der Waals surface area contributed by atoms with Gasteiger partial charge < -0.3 is 5.11 Å². The molecule has 0 aliphatic rings. The topological polar surface area (TPSA) is 130 Å². The van der Waals surface area contributed by atoms with E-state index in [1.54, 1.807) is 0 Å². The monoisotopic (exact) mass is 384 g/mol. The summed E-state index contributed by atoms with van der Waals surface area (Å²) in [5, 5.41) is 15.9. The predicted molar refractivity (Wildman–Crippen MR) is 97.4 cm³/mol. The zero-order valence-corrected chi connectivity index (χ0v) is 14.4. The van der Waals surface area contributed by atoms with Crippen molar-refractivity contribution in [3.8, 4) is 5.75 Å². The van der Waals surface area contributed by atoms with Gasteiger partial charge in [-0.25, -0.2) is 0 Å². The minimum Gasteiger partial charge on any atom is -0.507 e. The van der Waals surface area contributed by atoms with Gasteiger partial charge in [0.2, 0.25) is 16.3 Å². The van der Waals surface area contributed by atoms with Gasteiger partial charge >= 0.3 is 0 Å². The Balaban J connectivity index is 0. The fraction of sp³-hybridized carbons (Fsp3) is 0.455. The fourth-order valence-electron chi connectivity index (χ4n) is 1.59. The Labute approximate surface area is 137 Å². The number of phenols is 1. The zero-order chi connectivity index (χ0) is 15.1. The lowest BCUT2D eigenvalue weighted by molar-refractivity contribution is 0.459. The number of rotatable bonds is 8. The standard InChI is InChI=1S/C9H16N4O3P4.2CH4/c1-6-2-7(4-12-19(10)17-15)9(14)8(3-6)5-13-20(11)18-16;;/h2-3,12-14H,4-5,10-11H2,1H3;2*1H4. The lowest BCUT2D eigenvalue weighted by atomic mass is 10.0. The molecule has 0 spiro atoms. The normalized spacial score (nSPS) is 13.2. The summed E-state index contributed by atoms with van der Waals surface area (Å²) in [5.74, 6) is 0.132. The van der Waals surface area contributed by atoms with Gasteiger partial charge in [-0.3, -0.25) is 30.3 Å².